The van der Waals surface area contributed by atoms with Gasteiger partial charge in [0.25, 0.3) is 5.91 Å². The van der Waals surface area contributed by atoms with Gasteiger partial charge in [0, 0.05) is 42.2 Å². The van der Waals surface area contributed by atoms with Gasteiger partial charge in [0.15, 0.2) is 0 Å². The van der Waals surface area contributed by atoms with Crippen LogP contribution in [0.3, 0.4) is 0 Å². The number of pyridine rings is 1. The predicted octanol–water partition coefficient (Wildman–Crippen LogP) is 5.68. The zero-order chi connectivity index (χ0) is 25.1. The van der Waals surface area contributed by atoms with Gasteiger partial charge in [-0.1, -0.05) is 30.3 Å². The van der Waals surface area contributed by atoms with Gasteiger partial charge in [-0.05, 0) is 78.1 Å². The van der Waals surface area contributed by atoms with Gasteiger partial charge in [-0.3, -0.25) is 9.78 Å². The van der Waals surface area contributed by atoms with Crippen LogP contribution in [0.4, 0.5) is 4.39 Å². The highest BCUT2D eigenvalue weighted by molar-refractivity contribution is 5.94. The van der Waals surface area contributed by atoms with Crippen molar-refractivity contribution >= 4 is 16.8 Å². The highest BCUT2D eigenvalue weighted by Gasteiger charge is 2.70. The number of fused-ring (bicyclic) bond motifs is 2. The predicted molar refractivity (Wildman–Crippen MR) is 140 cm³/mol. The Morgan fingerprint density at radius 3 is 2.57 bits per heavy atom. The van der Waals surface area contributed by atoms with E-state index in [-0.39, 0.29) is 17.1 Å². The Labute approximate surface area is 214 Å². The van der Waals surface area contributed by atoms with Crippen LogP contribution in [0.25, 0.3) is 16.6 Å². The second-order valence-corrected chi connectivity index (χ2v) is 10.2. The molecule has 0 bridgehead atoms. The zero-order valence-corrected chi connectivity index (χ0v) is 20.4. The van der Waals surface area contributed by atoms with Crippen LogP contribution >= 0.6 is 0 Å². The standard InChI is InChI=1S/C31H25FN4O/c1-20-14-28-23(17-34-36(28)25-11-9-24(32)10-12-25)15-26(20)31-19-35(30(37)22-8-5-13-33-16-22)18-27(31)29(31)21-6-3-2-4-7-21/h2-17,27,29H,18-19H2,1H3/t27-,29-,31+/m1/s1. The number of rotatable bonds is 4. The fourth-order valence-electron chi connectivity index (χ4n) is 6.56. The minimum Gasteiger partial charge on any atom is -0.337 e. The molecule has 182 valence electrons. The highest BCUT2D eigenvalue weighted by Crippen LogP contribution is 2.69. The van der Waals surface area contributed by atoms with Crippen molar-refractivity contribution in [1.29, 1.82) is 0 Å². The van der Waals surface area contributed by atoms with Gasteiger partial charge in [-0.2, -0.15) is 5.10 Å². The van der Waals surface area contributed by atoms with Gasteiger partial charge in [0.1, 0.15) is 5.82 Å². The Morgan fingerprint density at radius 2 is 1.81 bits per heavy atom. The Morgan fingerprint density at radius 1 is 1.00 bits per heavy atom. The van der Waals surface area contributed by atoms with Crippen molar-refractivity contribution in [1.82, 2.24) is 19.7 Å². The van der Waals surface area contributed by atoms with Crippen molar-refractivity contribution in [2.45, 2.75) is 18.3 Å². The van der Waals surface area contributed by atoms with Crippen molar-refractivity contribution in [2.24, 2.45) is 5.92 Å². The third-order valence-corrected chi connectivity index (χ3v) is 8.22. The zero-order valence-electron chi connectivity index (χ0n) is 20.4. The fraction of sp³-hybridized carbons (Fsp3) is 0.194. The quantitative estimate of drug-likeness (QED) is 0.327. The molecular formula is C31H25FN4O. The van der Waals surface area contributed by atoms with Crippen molar-refractivity contribution in [3.8, 4) is 5.69 Å². The molecule has 0 radical (unpaired) electrons. The monoisotopic (exact) mass is 488 g/mol. The Balaban J connectivity index is 1.31. The van der Waals surface area contributed by atoms with E-state index in [0.29, 0.717) is 23.9 Å². The second kappa shape index (κ2) is 8.10. The summed E-state index contributed by atoms with van der Waals surface area (Å²) in [6.45, 7) is 3.54. The van der Waals surface area contributed by atoms with Crippen molar-refractivity contribution in [3.05, 3.63) is 126 Å². The molecule has 0 unspecified atom stereocenters. The smallest absolute Gasteiger partial charge is 0.255 e. The van der Waals surface area contributed by atoms with Crippen LogP contribution in [0.15, 0.2) is 97.5 Å². The van der Waals surface area contributed by atoms with Gasteiger partial charge in [0.05, 0.1) is 23.0 Å². The number of hydrogen-bond acceptors (Lipinski definition) is 3. The first-order chi connectivity index (χ1) is 18.1. The van der Waals surface area contributed by atoms with Gasteiger partial charge < -0.3 is 4.90 Å². The third-order valence-electron chi connectivity index (χ3n) is 8.22. The summed E-state index contributed by atoms with van der Waals surface area (Å²) in [6, 6.07) is 25.1. The topological polar surface area (TPSA) is 51.0 Å². The number of aromatic nitrogens is 3. The van der Waals surface area contributed by atoms with E-state index in [2.05, 4.69) is 53.4 Å². The van der Waals surface area contributed by atoms with Crippen LogP contribution in [-0.2, 0) is 5.41 Å². The first-order valence-electron chi connectivity index (χ1n) is 12.6. The van der Waals surface area contributed by atoms with Crippen LogP contribution in [0.2, 0.25) is 0 Å². The molecule has 5 aromatic rings. The van der Waals surface area contributed by atoms with Crippen LogP contribution in [0.1, 0.15) is 33.0 Å². The second-order valence-electron chi connectivity index (χ2n) is 10.2. The van der Waals surface area contributed by atoms with Gasteiger partial charge in [-0.25, -0.2) is 9.07 Å². The molecule has 7 rings (SSSR count). The normalized spacial score (nSPS) is 22.3. The maximum Gasteiger partial charge on any atom is 0.255 e. The molecule has 2 aromatic heterocycles. The van der Waals surface area contributed by atoms with E-state index in [0.717, 1.165) is 23.1 Å². The molecule has 2 aliphatic rings. The maximum absolute atomic E-state index is 13.5. The van der Waals surface area contributed by atoms with Crippen LogP contribution in [0.5, 0.6) is 0 Å². The first kappa shape index (κ1) is 21.9. The summed E-state index contributed by atoms with van der Waals surface area (Å²) < 4.78 is 15.3. The molecule has 2 fully saturated rings. The Hall–Kier alpha value is -4.32. The number of aryl methyl sites for hydroxylation is 1. The van der Waals surface area contributed by atoms with Gasteiger partial charge >= 0.3 is 0 Å². The SMILES string of the molecule is Cc1cc2c(cnn2-c2ccc(F)cc2)cc1[C@@]12CN(C(=O)c3cccnc3)C[C@@H]1[C@H]2c1ccccc1. The number of benzene rings is 3. The molecule has 1 amide bonds. The molecule has 5 nitrogen and oxygen atoms in total. The molecule has 6 heteroatoms. The van der Waals surface area contributed by atoms with Crippen LogP contribution in [-0.4, -0.2) is 38.7 Å². The van der Waals surface area contributed by atoms with Gasteiger partial charge in [-0.15, -0.1) is 0 Å². The minimum absolute atomic E-state index is 0.0364. The summed E-state index contributed by atoms with van der Waals surface area (Å²) in [6.07, 6.45) is 5.21. The van der Waals surface area contributed by atoms with E-state index in [4.69, 9.17) is 0 Å². The average molecular weight is 489 g/mol. The summed E-state index contributed by atoms with van der Waals surface area (Å²) >= 11 is 0. The van der Waals surface area contributed by atoms with E-state index < -0.39 is 0 Å². The molecule has 0 spiro atoms. The molecule has 3 heterocycles. The third kappa shape index (κ3) is 3.32. The summed E-state index contributed by atoms with van der Waals surface area (Å²) in [4.78, 5) is 19.5. The molecular weight excluding hydrogens is 463 g/mol. The van der Waals surface area contributed by atoms with Crippen molar-refractivity contribution in [2.75, 3.05) is 13.1 Å². The number of hydrogen-bond donors (Lipinski definition) is 0. The minimum atomic E-state index is -0.267. The number of carbonyl (C=O) groups is 1. The molecule has 1 aliphatic heterocycles. The number of piperidine rings is 1. The van der Waals surface area contributed by atoms with E-state index in [1.807, 2.05) is 34.0 Å². The Bertz CT molecular complexity index is 1630. The molecule has 3 aromatic carbocycles. The summed E-state index contributed by atoms with van der Waals surface area (Å²) in [5, 5.41) is 5.66. The molecule has 37 heavy (non-hydrogen) atoms. The molecule has 1 saturated heterocycles. The number of carbonyl (C=O) groups excluding carboxylic acids is 1. The number of likely N-dealkylation sites (tertiary alicyclic amines) is 1. The van der Waals surface area contributed by atoms with E-state index in [9.17, 15) is 9.18 Å². The Kier molecular flexibility index (Phi) is 4.80. The summed E-state index contributed by atoms with van der Waals surface area (Å²) in [5.41, 5.74) is 6.07. The van der Waals surface area contributed by atoms with E-state index >= 15 is 0 Å². The van der Waals surface area contributed by atoms with Crippen molar-refractivity contribution < 1.29 is 9.18 Å². The van der Waals surface area contributed by atoms with Crippen LogP contribution in [0, 0.1) is 18.7 Å². The lowest BCUT2D eigenvalue weighted by atomic mass is 9.86. The number of amides is 1. The van der Waals surface area contributed by atoms with Crippen LogP contribution < -0.4 is 0 Å². The lowest BCUT2D eigenvalue weighted by Gasteiger charge is -2.26. The first-order valence-corrected chi connectivity index (χ1v) is 12.6. The highest BCUT2D eigenvalue weighted by atomic mass is 19.1. The number of halogens is 1. The lowest BCUT2D eigenvalue weighted by molar-refractivity contribution is 0.0768. The van der Waals surface area contributed by atoms with Gasteiger partial charge in [0.2, 0.25) is 0 Å². The van der Waals surface area contributed by atoms with E-state index in [1.165, 1.54) is 28.8 Å². The summed E-state index contributed by atoms with van der Waals surface area (Å²) in [5.74, 6) is 0.472. The average Bonchev–Trinajstić information content (AvgIpc) is 3.19. The largest absolute Gasteiger partial charge is 0.337 e. The number of nitrogens with zero attached hydrogens (tertiary/aromatic N) is 4. The van der Waals surface area contributed by atoms with Crippen molar-refractivity contribution in [3.63, 3.8) is 0 Å². The molecule has 0 N–H and O–H groups in total. The molecule has 1 aliphatic carbocycles. The lowest BCUT2D eigenvalue weighted by Crippen LogP contribution is -2.34. The molecule has 1 saturated carbocycles. The molecule has 3 atom stereocenters. The fourth-order valence-corrected chi connectivity index (χ4v) is 6.56. The maximum atomic E-state index is 13.5. The summed E-state index contributed by atoms with van der Waals surface area (Å²) in [7, 11) is 0. The van der Waals surface area contributed by atoms with E-state index in [1.54, 1.807) is 24.5 Å².